The Bertz CT molecular complexity index is 695. The molecule has 0 aliphatic heterocycles. The van der Waals surface area contributed by atoms with Gasteiger partial charge in [0.1, 0.15) is 0 Å². The molecule has 0 aliphatic carbocycles. The summed E-state index contributed by atoms with van der Waals surface area (Å²) in [6.07, 6.45) is 0.765. The summed E-state index contributed by atoms with van der Waals surface area (Å²) in [6.45, 7) is 0.485. The first-order chi connectivity index (χ1) is 11.7. The van der Waals surface area contributed by atoms with E-state index < -0.39 is 0 Å². The first kappa shape index (κ1) is 17.6. The second-order valence-corrected chi connectivity index (χ2v) is 5.40. The number of hydrogen-bond acceptors (Lipinski definition) is 5. The van der Waals surface area contributed by atoms with Crippen LogP contribution < -0.4 is 19.9 Å². The number of ether oxygens (including phenoxy) is 3. The number of nitrogens with two attached hydrogens (primary N) is 1. The molecule has 5 nitrogen and oxygen atoms in total. The molecular weight excluding hydrogens is 304 g/mol. The van der Waals surface area contributed by atoms with Gasteiger partial charge < -0.3 is 19.9 Å². The van der Waals surface area contributed by atoms with Crippen molar-refractivity contribution in [2.24, 2.45) is 5.73 Å². The zero-order valence-electron chi connectivity index (χ0n) is 14.2. The number of benzene rings is 2. The summed E-state index contributed by atoms with van der Waals surface area (Å²) in [5, 5.41) is 8.89. The van der Waals surface area contributed by atoms with Crippen molar-refractivity contribution in [1.29, 1.82) is 5.26 Å². The molecule has 0 spiro atoms. The highest BCUT2D eigenvalue weighted by Crippen LogP contribution is 2.40. The normalized spacial score (nSPS) is 11.5. The minimum atomic E-state index is 0.103. The molecular formula is C19H22N2O3. The molecule has 2 rings (SSSR count). The maximum Gasteiger partial charge on any atom is 0.203 e. The van der Waals surface area contributed by atoms with Gasteiger partial charge in [-0.3, -0.25) is 0 Å². The van der Waals surface area contributed by atoms with Crippen molar-refractivity contribution >= 4 is 0 Å². The van der Waals surface area contributed by atoms with Crippen LogP contribution in [0, 0.1) is 11.3 Å². The topological polar surface area (TPSA) is 77.5 Å². The minimum Gasteiger partial charge on any atom is -0.493 e. The molecule has 0 aliphatic rings. The Morgan fingerprint density at radius 2 is 1.58 bits per heavy atom. The van der Waals surface area contributed by atoms with E-state index in [-0.39, 0.29) is 5.92 Å². The van der Waals surface area contributed by atoms with E-state index in [0.29, 0.717) is 29.4 Å². The Morgan fingerprint density at radius 3 is 2.00 bits per heavy atom. The standard InChI is InChI=1S/C19H22N2O3/c1-22-17-9-15(10-18(23-2)19(17)24-3)16(12-21)8-13-4-6-14(11-20)7-5-13/h4-7,9-10,16H,8,12,21H2,1-3H3. The van der Waals surface area contributed by atoms with Crippen molar-refractivity contribution in [2.75, 3.05) is 27.9 Å². The monoisotopic (exact) mass is 326 g/mol. The Kier molecular flexibility index (Phi) is 6.05. The van der Waals surface area contributed by atoms with Crippen LogP contribution in [0.5, 0.6) is 17.2 Å². The van der Waals surface area contributed by atoms with E-state index in [1.165, 1.54) is 0 Å². The first-order valence-corrected chi connectivity index (χ1v) is 7.65. The zero-order chi connectivity index (χ0) is 17.5. The van der Waals surface area contributed by atoms with E-state index in [9.17, 15) is 0 Å². The molecule has 0 aromatic heterocycles. The van der Waals surface area contributed by atoms with Gasteiger partial charge in [0.2, 0.25) is 5.75 Å². The summed E-state index contributed by atoms with van der Waals surface area (Å²) in [4.78, 5) is 0. The van der Waals surface area contributed by atoms with Gasteiger partial charge in [-0.1, -0.05) is 12.1 Å². The maximum atomic E-state index is 8.89. The van der Waals surface area contributed by atoms with Gasteiger partial charge in [-0.25, -0.2) is 0 Å². The molecule has 126 valence electrons. The lowest BCUT2D eigenvalue weighted by molar-refractivity contribution is 0.323. The van der Waals surface area contributed by atoms with Crippen LogP contribution in [0.2, 0.25) is 0 Å². The van der Waals surface area contributed by atoms with E-state index in [0.717, 1.165) is 17.5 Å². The van der Waals surface area contributed by atoms with E-state index in [1.807, 2.05) is 36.4 Å². The molecule has 0 heterocycles. The van der Waals surface area contributed by atoms with Crippen molar-refractivity contribution in [3.8, 4) is 23.3 Å². The van der Waals surface area contributed by atoms with Gasteiger partial charge in [-0.05, 0) is 48.4 Å². The highest BCUT2D eigenvalue weighted by Gasteiger charge is 2.18. The van der Waals surface area contributed by atoms with Crippen molar-refractivity contribution in [3.63, 3.8) is 0 Å². The molecule has 0 amide bonds. The van der Waals surface area contributed by atoms with Crippen LogP contribution in [-0.2, 0) is 6.42 Å². The largest absolute Gasteiger partial charge is 0.493 e. The van der Waals surface area contributed by atoms with Crippen LogP contribution in [0.15, 0.2) is 36.4 Å². The van der Waals surface area contributed by atoms with Gasteiger partial charge in [-0.2, -0.15) is 5.26 Å². The van der Waals surface area contributed by atoms with Crippen molar-refractivity contribution < 1.29 is 14.2 Å². The average Bonchev–Trinajstić information content (AvgIpc) is 2.65. The summed E-state index contributed by atoms with van der Waals surface area (Å²) in [5.74, 6) is 1.90. The van der Waals surface area contributed by atoms with Gasteiger partial charge >= 0.3 is 0 Å². The van der Waals surface area contributed by atoms with Crippen molar-refractivity contribution in [1.82, 2.24) is 0 Å². The molecule has 24 heavy (non-hydrogen) atoms. The van der Waals surface area contributed by atoms with Gasteiger partial charge in [0, 0.05) is 5.92 Å². The Balaban J connectivity index is 2.33. The lowest BCUT2D eigenvalue weighted by Crippen LogP contribution is -2.15. The summed E-state index contributed by atoms with van der Waals surface area (Å²) in [6, 6.07) is 13.5. The molecule has 0 saturated heterocycles. The van der Waals surface area contributed by atoms with Crippen LogP contribution in [0.1, 0.15) is 22.6 Å². The van der Waals surface area contributed by atoms with Crippen LogP contribution in [0.3, 0.4) is 0 Å². The molecule has 0 saturated carbocycles. The third-order valence-corrected chi connectivity index (χ3v) is 4.01. The number of nitriles is 1. The molecule has 2 aromatic carbocycles. The summed E-state index contributed by atoms with van der Waals surface area (Å²) in [7, 11) is 4.77. The predicted octanol–water partition coefficient (Wildman–Crippen LogP) is 2.87. The fraction of sp³-hybridized carbons (Fsp3) is 0.316. The number of rotatable bonds is 7. The Labute approximate surface area is 142 Å². The van der Waals surface area contributed by atoms with Crippen LogP contribution in [0.4, 0.5) is 0 Å². The maximum absolute atomic E-state index is 8.89. The molecule has 5 heteroatoms. The van der Waals surface area contributed by atoms with Crippen molar-refractivity contribution in [3.05, 3.63) is 53.1 Å². The van der Waals surface area contributed by atoms with Gasteiger partial charge in [0.15, 0.2) is 11.5 Å². The molecule has 1 unspecified atom stereocenters. The molecule has 2 aromatic rings. The lowest BCUT2D eigenvalue weighted by Gasteiger charge is -2.19. The smallest absolute Gasteiger partial charge is 0.203 e. The van der Waals surface area contributed by atoms with Gasteiger partial charge in [0.25, 0.3) is 0 Å². The van der Waals surface area contributed by atoms with Crippen LogP contribution >= 0.6 is 0 Å². The van der Waals surface area contributed by atoms with Crippen LogP contribution in [0.25, 0.3) is 0 Å². The second-order valence-electron chi connectivity index (χ2n) is 5.40. The Hall–Kier alpha value is -2.71. The highest BCUT2D eigenvalue weighted by molar-refractivity contribution is 5.54. The lowest BCUT2D eigenvalue weighted by atomic mass is 9.91. The molecule has 2 N–H and O–H groups in total. The predicted molar refractivity (Wildman–Crippen MR) is 92.8 cm³/mol. The van der Waals surface area contributed by atoms with Gasteiger partial charge in [0.05, 0.1) is 33.0 Å². The van der Waals surface area contributed by atoms with Crippen molar-refractivity contribution in [2.45, 2.75) is 12.3 Å². The fourth-order valence-corrected chi connectivity index (χ4v) is 2.67. The zero-order valence-corrected chi connectivity index (χ0v) is 14.2. The third-order valence-electron chi connectivity index (χ3n) is 4.01. The van der Waals surface area contributed by atoms with E-state index in [4.69, 9.17) is 25.2 Å². The minimum absolute atomic E-state index is 0.103. The Morgan fingerprint density at radius 1 is 1.00 bits per heavy atom. The van der Waals surface area contributed by atoms with E-state index >= 15 is 0 Å². The number of hydrogen-bond donors (Lipinski definition) is 1. The first-order valence-electron chi connectivity index (χ1n) is 7.65. The van der Waals surface area contributed by atoms with E-state index in [2.05, 4.69) is 6.07 Å². The van der Waals surface area contributed by atoms with E-state index in [1.54, 1.807) is 21.3 Å². The van der Waals surface area contributed by atoms with Crippen LogP contribution in [-0.4, -0.2) is 27.9 Å². The molecule has 0 radical (unpaired) electrons. The summed E-state index contributed by atoms with van der Waals surface area (Å²) >= 11 is 0. The molecule has 0 bridgehead atoms. The molecule has 0 fully saturated rings. The molecule has 1 atom stereocenters. The quantitative estimate of drug-likeness (QED) is 0.846. The summed E-state index contributed by atoms with van der Waals surface area (Å²) < 4.78 is 16.2. The SMILES string of the molecule is COc1cc(C(CN)Cc2ccc(C#N)cc2)cc(OC)c1OC. The summed E-state index contributed by atoms with van der Waals surface area (Å²) in [5.41, 5.74) is 8.79. The fourth-order valence-electron chi connectivity index (χ4n) is 2.67. The number of methoxy groups -OCH3 is 3. The second kappa shape index (κ2) is 8.23. The highest BCUT2D eigenvalue weighted by atomic mass is 16.5. The third kappa shape index (κ3) is 3.79. The van der Waals surface area contributed by atoms with Gasteiger partial charge in [-0.15, -0.1) is 0 Å². The average molecular weight is 326 g/mol. The number of nitrogens with zero attached hydrogens (tertiary/aromatic N) is 1.